The number of fused-ring (bicyclic) bond motifs is 1. The molecule has 1 N–H and O–H groups in total. The third-order valence-electron chi connectivity index (χ3n) is 5.81. The molecule has 0 unspecified atom stereocenters. The Morgan fingerprint density at radius 2 is 1.62 bits per heavy atom. The largest absolute Gasteiger partial charge is 0.313 e. The highest BCUT2D eigenvalue weighted by atomic mass is 32.1. The van der Waals surface area contributed by atoms with Crippen molar-refractivity contribution >= 4 is 56.9 Å². The summed E-state index contributed by atoms with van der Waals surface area (Å²) in [6.45, 7) is 0. The Labute approximate surface area is 192 Å². The number of aryl methyl sites for hydroxylation is 1. The van der Waals surface area contributed by atoms with Gasteiger partial charge in [-0.15, -0.1) is 22.7 Å². The zero-order valence-corrected chi connectivity index (χ0v) is 18.8. The zero-order chi connectivity index (χ0) is 22.2. The molecule has 3 amide bonds. The van der Waals surface area contributed by atoms with E-state index in [0.717, 1.165) is 36.1 Å². The van der Waals surface area contributed by atoms with E-state index >= 15 is 0 Å². The van der Waals surface area contributed by atoms with E-state index in [1.54, 1.807) is 24.3 Å². The van der Waals surface area contributed by atoms with Crippen molar-refractivity contribution in [2.75, 3.05) is 10.2 Å². The van der Waals surface area contributed by atoms with Crippen LogP contribution in [-0.4, -0.2) is 23.5 Å². The number of nitrogens with zero attached hydrogens (tertiary/aromatic N) is 1. The molecule has 0 saturated carbocycles. The number of rotatable bonds is 5. The molecule has 2 aromatic heterocycles. The molecule has 1 fully saturated rings. The van der Waals surface area contributed by atoms with Crippen molar-refractivity contribution in [2.45, 2.75) is 38.5 Å². The number of carbonyl (C=O) groups excluding carboxylic acids is 4. The lowest BCUT2D eigenvalue weighted by Gasteiger charge is -2.14. The van der Waals surface area contributed by atoms with E-state index in [9.17, 15) is 19.2 Å². The summed E-state index contributed by atoms with van der Waals surface area (Å²) < 4.78 is 0. The molecule has 0 spiro atoms. The molecule has 1 aliphatic heterocycles. The van der Waals surface area contributed by atoms with Gasteiger partial charge in [-0.2, -0.15) is 0 Å². The second-order valence-electron chi connectivity index (χ2n) is 7.85. The number of carbonyl (C=O) groups is 4. The van der Waals surface area contributed by atoms with Crippen molar-refractivity contribution < 1.29 is 19.2 Å². The Balaban J connectivity index is 1.42. The van der Waals surface area contributed by atoms with Gasteiger partial charge in [-0.25, -0.2) is 0 Å². The molecule has 0 radical (unpaired) electrons. The Bertz CT molecular complexity index is 1210. The minimum atomic E-state index is -0.325. The molecule has 1 aromatic carbocycles. The molecule has 3 aromatic rings. The third-order valence-corrected chi connectivity index (χ3v) is 7.89. The van der Waals surface area contributed by atoms with Crippen LogP contribution in [0.2, 0.25) is 0 Å². The summed E-state index contributed by atoms with van der Waals surface area (Å²) >= 11 is 2.89. The second-order valence-corrected chi connectivity index (χ2v) is 9.90. The first-order valence-electron chi connectivity index (χ1n) is 10.5. The maximum atomic E-state index is 13.2. The molecule has 8 heteroatoms. The maximum absolute atomic E-state index is 13.2. The van der Waals surface area contributed by atoms with Crippen LogP contribution in [0.25, 0.3) is 0 Å². The van der Waals surface area contributed by atoms with Gasteiger partial charge in [-0.05, 0) is 67.0 Å². The molecule has 1 saturated heterocycles. The molecule has 1 aliphatic carbocycles. The molecular weight excluding hydrogens is 444 g/mol. The number of thiophene rings is 2. The zero-order valence-electron chi connectivity index (χ0n) is 17.2. The van der Waals surface area contributed by atoms with E-state index in [0.29, 0.717) is 26.7 Å². The number of imide groups is 1. The van der Waals surface area contributed by atoms with E-state index in [1.165, 1.54) is 27.6 Å². The first-order valence-corrected chi connectivity index (χ1v) is 12.2. The Morgan fingerprint density at radius 1 is 0.906 bits per heavy atom. The van der Waals surface area contributed by atoms with E-state index < -0.39 is 0 Å². The average molecular weight is 465 g/mol. The van der Waals surface area contributed by atoms with Gasteiger partial charge in [0.2, 0.25) is 17.6 Å². The fourth-order valence-electron chi connectivity index (χ4n) is 4.23. The SMILES string of the molecule is O=C(Nc1sc2c(c1C(=O)c1cccs1)CCCC2)c1ccc(N2C(=O)CCC2=O)cc1. The lowest BCUT2D eigenvalue weighted by Crippen LogP contribution is -2.28. The molecule has 0 bridgehead atoms. The standard InChI is InChI=1S/C24H20N2O4S2/c27-19-11-12-20(28)26(19)15-9-7-14(8-10-15)23(30)25-24-21(22(29)18-6-3-13-31-18)16-4-1-2-5-17(16)32-24/h3,6-10,13H,1-2,4-5,11-12H2,(H,25,30). The van der Waals surface area contributed by atoms with Crippen LogP contribution in [0.5, 0.6) is 0 Å². The lowest BCUT2D eigenvalue weighted by molar-refractivity contribution is -0.121. The number of hydrogen-bond donors (Lipinski definition) is 1. The van der Waals surface area contributed by atoms with Gasteiger partial charge in [-0.3, -0.25) is 24.1 Å². The van der Waals surface area contributed by atoms with Gasteiger partial charge in [0.05, 0.1) is 16.1 Å². The first-order chi connectivity index (χ1) is 15.5. The van der Waals surface area contributed by atoms with Crippen LogP contribution in [-0.2, 0) is 22.4 Å². The van der Waals surface area contributed by atoms with Gasteiger partial charge in [0, 0.05) is 23.3 Å². The highest BCUT2D eigenvalue weighted by molar-refractivity contribution is 7.17. The lowest BCUT2D eigenvalue weighted by atomic mass is 9.93. The minimum absolute atomic E-state index is 0.0453. The van der Waals surface area contributed by atoms with Crippen molar-refractivity contribution in [3.8, 4) is 0 Å². The summed E-state index contributed by atoms with van der Waals surface area (Å²) in [5.41, 5.74) is 2.55. The van der Waals surface area contributed by atoms with Gasteiger partial charge in [-0.1, -0.05) is 6.07 Å². The number of amides is 3. The van der Waals surface area contributed by atoms with Gasteiger partial charge < -0.3 is 5.32 Å². The van der Waals surface area contributed by atoms with Crippen LogP contribution >= 0.6 is 22.7 Å². The summed E-state index contributed by atoms with van der Waals surface area (Å²) in [7, 11) is 0. The topological polar surface area (TPSA) is 83.6 Å². The van der Waals surface area contributed by atoms with Gasteiger partial charge in [0.1, 0.15) is 5.00 Å². The molecule has 2 aliphatic rings. The Kier molecular flexibility index (Phi) is 5.48. The number of anilines is 2. The van der Waals surface area contributed by atoms with Crippen LogP contribution in [0.3, 0.4) is 0 Å². The molecule has 32 heavy (non-hydrogen) atoms. The number of hydrogen-bond acceptors (Lipinski definition) is 6. The van der Waals surface area contributed by atoms with Crippen LogP contribution in [0.15, 0.2) is 41.8 Å². The Morgan fingerprint density at radius 3 is 2.31 bits per heavy atom. The minimum Gasteiger partial charge on any atom is -0.313 e. The van der Waals surface area contributed by atoms with E-state index in [2.05, 4.69) is 5.32 Å². The smallest absolute Gasteiger partial charge is 0.256 e. The van der Waals surface area contributed by atoms with Crippen molar-refractivity contribution in [3.05, 3.63) is 68.2 Å². The first kappa shape index (κ1) is 20.8. The summed E-state index contributed by atoms with van der Waals surface area (Å²) in [6, 6.07) is 10.1. The third kappa shape index (κ3) is 3.69. The summed E-state index contributed by atoms with van der Waals surface area (Å²) in [5, 5.41) is 5.42. The Hall–Kier alpha value is -3.10. The predicted molar refractivity (Wildman–Crippen MR) is 125 cm³/mol. The van der Waals surface area contributed by atoms with E-state index in [1.807, 2.05) is 17.5 Å². The highest BCUT2D eigenvalue weighted by Crippen LogP contribution is 2.40. The molecular formula is C24H20N2O4S2. The van der Waals surface area contributed by atoms with E-state index in [4.69, 9.17) is 0 Å². The highest BCUT2D eigenvalue weighted by Gasteiger charge is 2.31. The molecule has 3 heterocycles. The maximum Gasteiger partial charge on any atom is 0.256 e. The van der Waals surface area contributed by atoms with Crippen molar-refractivity contribution in [2.24, 2.45) is 0 Å². The normalized spacial score (nSPS) is 15.7. The van der Waals surface area contributed by atoms with Gasteiger partial charge >= 0.3 is 0 Å². The summed E-state index contributed by atoms with van der Waals surface area (Å²) in [6.07, 6.45) is 4.32. The van der Waals surface area contributed by atoms with Crippen molar-refractivity contribution in [1.82, 2.24) is 0 Å². The van der Waals surface area contributed by atoms with Crippen molar-refractivity contribution in [3.63, 3.8) is 0 Å². The predicted octanol–water partition coefficient (Wildman–Crippen LogP) is 4.83. The molecule has 5 rings (SSSR count). The monoisotopic (exact) mass is 464 g/mol. The van der Waals surface area contributed by atoms with Crippen LogP contribution < -0.4 is 10.2 Å². The number of benzene rings is 1. The molecule has 6 nitrogen and oxygen atoms in total. The summed E-state index contributed by atoms with van der Waals surface area (Å²) in [4.78, 5) is 53.1. The quantitative estimate of drug-likeness (QED) is 0.433. The average Bonchev–Trinajstić information content (AvgIpc) is 3.53. The molecule has 162 valence electrons. The molecule has 0 atom stereocenters. The summed E-state index contributed by atoms with van der Waals surface area (Å²) in [5.74, 6) is -0.827. The fraction of sp³-hybridized carbons (Fsp3) is 0.250. The van der Waals surface area contributed by atoms with Gasteiger partial charge in [0.15, 0.2) is 0 Å². The van der Waals surface area contributed by atoms with Crippen molar-refractivity contribution in [1.29, 1.82) is 0 Å². The number of ketones is 1. The van der Waals surface area contributed by atoms with E-state index in [-0.39, 0.29) is 36.3 Å². The number of nitrogens with one attached hydrogen (secondary N) is 1. The second kappa shape index (κ2) is 8.44. The van der Waals surface area contributed by atoms with Crippen LogP contribution in [0.4, 0.5) is 10.7 Å². The fourth-order valence-corrected chi connectivity index (χ4v) is 6.18. The van der Waals surface area contributed by atoms with Gasteiger partial charge in [0.25, 0.3) is 5.91 Å². The van der Waals surface area contributed by atoms with Crippen LogP contribution in [0.1, 0.15) is 61.7 Å². The van der Waals surface area contributed by atoms with Crippen LogP contribution in [0, 0.1) is 0 Å².